The third-order valence-electron chi connectivity index (χ3n) is 6.06. The zero-order chi connectivity index (χ0) is 26.5. The molecule has 1 aromatic heterocycles. The molecule has 0 aliphatic carbocycles. The number of nitrogens with zero attached hydrogens (tertiary/aromatic N) is 1. The molecule has 38 heavy (non-hydrogen) atoms. The van der Waals surface area contributed by atoms with E-state index >= 15 is 0 Å². The second kappa shape index (κ2) is 13.0. The molecule has 4 aromatic carbocycles. The number of nitrogens with two attached hydrogens (primary N) is 2. The van der Waals surface area contributed by atoms with Crippen LogP contribution >= 0.6 is 23.2 Å². The van der Waals surface area contributed by atoms with Gasteiger partial charge in [-0.25, -0.2) is 0 Å². The molecule has 1 amide bonds. The Bertz CT molecular complexity index is 1590. The number of hydrogen-bond acceptors (Lipinski definition) is 3. The average Bonchev–Trinajstić information content (AvgIpc) is 2.90. The van der Waals surface area contributed by atoms with Crippen LogP contribution in [0, 0.1) is 0 Å². The summed E-state index contributed by atoms with van der Waals surface area (Å²) in [5, 5.41) is 7.16. The highest BCUT2D eigenvalue weighted by Gasteiger charge is 2.22. The van der Waals surface area contributed by atoms with Gasteiger partial charge in [-0.15, -0.1) is 0 Å². The van der Waals surface area contributed by atoms with E-state index in [9.17, 15) is 4.79 Å². The van der Waals surface area contributed by atoms with Crippen molar-refractivity contribution in [1.29, 1.82) is 0 Å². The van der Waals surface area contributed by atoms with Crippen LogP contribution in [-0.2, 0) is 11.3 Å². The monoisotopic (exact) mass is 610 g/mol. The Morgan fingerprint density at radius 1 is 0.789 bits per heavy atom. The molecule has 1 heterocycles. The number of benzene rings is 4. The van der Waals surface area contributed by atoms with Crippen molar-refractivity contribution in [3.8, 4) is 11.3 Å². The number of carbonyl (C=O) groups is 1. The minimum Gasteiger partial charge on any atom is -1.00 e. The zero-order valence-corrected chi connectivity index (χ0v) is 24.2. The highest BCUT2D eigenvalue weighted by molar-refractivity contribution is 6.42. The second-order valence-electron chi connectivity index (χ2n) is 8.57. The van der Waals surface area contributed by atoms with E-state index in [0.29, 0.717) is 22.2 Å². The SMILES string of the molecule is CCC(=O)Nc1ccc(Cl)c(Cl)c1.CC[n+]1c(-c2ccccc2)c2cc(N)ccc2c2ccc(N)cc21.[Br-]. The van der Waals surface area contributed by atoms with Gasteiger partial charge in [0.1, 0.15) is 6.54 Å². The van der Waals surface area contributed by atoms with Gasteiger partial charge in [-0.3, -0.25) is 4.79 Å². The van der Waals surface area contributed by atoms with Crippen LogP contribution in [0.1, 0.15) is 20.3 Å². The number of nitrogens with one attached hydrogen (secondary N) is 1. The highest BCUT2D eigenvalue weighted by atomic mass is 79.9. The van der Waals surface area contributed by atoms with Crippen molar-refractivity contribution in [3.63, 3.8) is 0 Å². The maximum absolute atomic E-state index is 11.0. The van der Waals surface area contributed by atoms with Crippen LogP contribution in [0.2, 0.25) is 10.0 Å². The molecule has 0 aliphatic rings. The van der Waals surface area contributed by atoms with Gasteiger partial charge >= 0.3 is 0 Å². The molecule has 0 fully saturated rings. The second-order valence-corrected chi connectivity index (χ2v) is 9.39. The summed E-state index contributed by atoms with van der Waals surface area (Å²) in [6.45, 7) is 4.80. The van der Waals surface area contributed by atoms with Crippen LogP contribution in [0.5, 0.6) is 0 Å². The van der Waals surface area contributed by atoms with Crippen molar-refractivity contribution < 1.29 is 26.3 Å². The van der Waals surface area contributed by atoms with Crippen molar-refractivity contribution in [1.82, 2.24) is 0 Å². The smallest absolute Gasteiger partial charge is 0.224 e. The van der Waals surface area contributed by atoms with Gasteiger partial charge in [0.2, 0.25) is 17.1 Å². The van der Waals surface area contributed by atoms with E-state index in [1.54, 1.807) is 25.1 Å². The van der Waals surface area contributed by atoms with E-state index in [0.717, 1.165) is 23.4 Å². The molecule has 0 atom stereocenters. The van der Waals surface area contributed by atoms with Gasteiger partial charge in [0.05, 0.1) is 20.8 Å². The summed E-state index contributed by atoms with van der Waals surface area (Å²) in [4.78, 5) is 11.0. The van der Waals surface area contributed by atoms with Crippen molar-refractivity contribution in [3.05, 3.63) is 95.0 Å². The number of amides is 1. The van der Waals surface area contributed by atoms with E-state index in [2.05, 4.69) is 65.3 Å². The van der Waals surface area contributed by atoms with Crippen LogP contribution in [0.15, 0.2) is 84.9 Å². The van der Waals surface area contributed by atoms with Crippen LogP contribution in [0.25, 0.3) is 32.9 Å². The van der Waals surface area contributed by atoms with E-state index in [-0.39, 0.29) is 22.9 Å². The lowest BCUT2D eigenvalue weighted by atomic mass is 9.98. The number of fused-ring (bicyclic) bond motifs is 3. The Morgan fingerprint density at radius 3 is 2.08 bits per heavy atom. The van der Waals surface area contributed by atoms with Crippen LogP contribution < -0.4 is 38.3 Å². The van der Waals surface area contributed by atoms with Crippen molar-refractivity contribution in [2.45, 2.75) is 26.8 Å². The maximum atomic E-state index is 11.0. The lowest BCUT2D eigenvalue weighted by molar-refractivity contribution is -0.655. The van der Waals surface area contributed by atoms with Gasteiger partial charge < -0.3 is 33.8 Å². The maximum Gasteiger partial charge on any atom is 0.224 e. The molecule has 8 heteroatoms. The molecule has 0 bridgehead atoms. The van der Waals surface area contributed by atoms with Crippen molar-refractivity contribution in [2.75, 3.05) is 16.8 Å². The predicted molar refractivity (Wildman–Crippen MR) is 157 cm³/mol. The number of halogens is 3. The number of nitrogen functional groups attached to an aromatic ring is 2. The van der Waals surface area contributed by atoms with Gasteiger partial charge in [0.15, 0.2) is 0 Å². The quantitative estimate of drug-likeness (QED) is 0.159. The lowest BCUT2D eigenvalue weighted by Gasteiger charge is -2.12. The average molecular weight is 612 g/mol. The van der Waals surface area contributed by atoms with Crippen LogP contribution in [-0.4, -0.2) is 5.91 Å². The normalized spacial score (nSPS) is 10.4. The van der Waals surface area contributed by atoms with Gasteiger partial charge in [-0.2, -0.15) is 4.57 Å². The molecular formula is C30H29BrCl2N4O. The lowest BCUT2D eigenvalue weighted by Crippen LogP contribution is -3.00. The molecule has 5 nitrogen and oxygen atoms in total. The first-order chi connectivity index (χ1) is 17.8. The summed E-state index contributed by atoms with van der Waals surface area (Å²) in [6.07, 6.45) is 0.445. The molecule has 0 spiro atoms. The summed E-state index contributed by atoms with van der Waals surface area (Å²) in [5.41, 5.74) is 17.9. The minimum atomic E-state index is -0.0432. The summed E-state index contributed by atoms with van der Waals surface area (Å²) in [7, 11) is 0. The molecule has 196 valence electrons. The molecule has 0 saturated heterocycles. The number of aryl methyl sites for hydroxylation is 1. The highest BCUT2D eigenvalue weighted by Crippen LogP contribution is 2.33. The number of pyridine rings is 1. The molecule has 5 rings (SSSR count). The van der Waals surface area contributed by atoms with Gasteiger partial charge in [0.25, 0.3) is 0 Å². The first-order valence-corrected chi connectivity index (χ1v) is 12.8. The summed E-state index contributed by atoms with van der Waals surface area (Å²) < 4.78 is 2.32. The third kappa shape index (κ3) is 6.38. The largest absolute Gasteiger partial charge is 1.00 e. The molecule has 0 unspecified atom stereocenters. The molecule has 0 aliphatic heterocycles. The number of rotatable bonds is 4. The zero-order valence-electron chi connectivity index (χ0n) is 21.1. The Morgan fingerprint density at radius 2 is 1.45 bits per heavy atom. The Labute approximate surface area is 243 Å². The van der Waals surface area contributed by atoms with E-state index in [4.69, 9.17) is 34.7 Å². The van der Waals surface area contributed by atoms with Gasteiger partial charge in [-0.05, 0) is 61.5 Å². The Hall–Kier alpha value is -3.32. The fourth-order valence-electron chi connectivity index (χ4n) is 4.32. The van der Waals surface area contributed by atoms with Crippen molar-refractivity contribution >= 4 is 67.8 Å². The standard InChI is InChI=1S/C21H19N3.C9H9Cl2NO.BrH/c1-2-24-20-13-16(23)9-11-18(20)17-10-8-15(22)12-19(17)21(24)14-6-4-3-5-7-14;1-2-9(13)12-6-3-4-7(10)8(11)5-6;/h3-13,23H,2,22H2,1H3;3-5H,2H2,1H3,(H,12,13);1H. The molecular weight excluding hydrogens is 583 g/mol. The van der Waals surface area contributed by atoms with E-state index < -0.39 is 0 Å². The van der Waals surface area contributed by atoms with Crippen molar-refractivity contribution in [2.24, 2.45) is 0 Å². The Balaban J connectivity index is 0.000000245. The van der Waals surface area contributed by atoms with E-state index in [1.165, 1.54) is 27.4 Å². The topological polar surface area (TPSA) is 85.0 Å². The number of aromatic nitrogens is 1. The van der Waals surface area contributed by atoms with Crippen LogP contribution in [0.4, 0.5) is 17.1 Å². The fourth-order valence-corrected chi connectivity index (χ4v) is 4.62. The minimum absolute atomic E-state index is 0. The number of hydrogen-bond donors (Lipinski definition) is 3. The van der Waals surface area contributed by atoms with Gasteiger partial charge in [-0.1, -0.05) is 54.4 Å². The Kier molecular flexibility index (Phi) is 9.97. The number of anilines is 3. The molecule has 5 aromatic rings. The first kappa shape index (κ1) is 29.2. The van der Waals surface area contributed by atoms with E-state index in [1.807, 2.05) is 18.2 Å². The molecule has 5 N–H and O–H groups in total. The first-order valence-electron chi connectivity index (χ1n) is 12.1. The van der Waals surface area contributed by atoms with Gasteiger partial charge in [0, 0.05) is 40.5 Å². The predicted octanol–water partition coefficient (Wildman–Crippen LogP) is 4.48. The van der Waals surface area contributed by atoms with Crippen LogP contribution in [0.3, 0.4) is 0 Å². The fraction of sp³-hybridized carbons (Fsp3) is 0.133. The molecule has 0 radical (unpaired) electrons. The summed E-state index contributed by atoms with van der Waals surface area (Å²) in [6, 6.07) is 27.7. The molecule has 0 saturated carbocycles. The third-order valence-corrected chi connectivity index (χ3v) is 6.80. The summed E-state index contributed by atoms with van der Waals surface area (Å²) in [5.74, 6) is -0.0432. The summed E-state index contributed by atoms with van der Waals surface area (Å²) >= 11 is 11.5. The number of carbonyl (C=O) groups excluding carboxylic acids is 1.